The van der Waals surface area contributed by atoms with Gasteiger partial charge in [-0.25, -0.2) is 9.97 Å². The monoisotopic (exact) mass is 216 g/mol. The van der Waals surface area contributed by atoms with Crippen molar-refractivity contribution in [3.05, 3.63) is 18.1 Å². The van der Waals surface area contributed by atoms with Crippen molar-refractivity contribution in [2.45, 2.75) is 38.6 Å². The molecule has 1 fully saturated rings. The Hall–Kier alpha value is -1.63. The van der Waals surface area contributed by atoms with Crippen LogP contribution in [0.1, 0.15) is 38.4 Å². The third-order valence-corrected chi connectivity index (χ3v) is 3.13. The normalized spacial score (nSPS) is 20.5. The number of anilines is 1. The first-order chi connectivity index (χ1) is 7.85. The lowest BCUT2D eigenvalue weighted by atomic mass is 10.0. The Morgan fingerprint density at radius 3 is 3.19 bits per heavy atom. The van der Waals surface area contributed by atoms with Crippen molar-refractivity contribution in [3.8, 4) is 6.07 Å². The molecule has 16 heavy (non-hydrogen) atoms. The van der Waals surface area contributed by atoms with E-state index in [1.807, 2.05) is 12.1 Å². The topological polar surface area (TPSA) is 52.8 Å². The fourth-order valence-corrected chi connectivity index (χ4v) is 2.29. The molecule has 1 aromatic heterocycles. The standard InChI is InChI=1S/C12H16N4/c1-2-10-5-3-4-8-16(10)12-6-7-14-11(9-13)15-12/h6-7,10H,2-5,8H2,1H3. The van der Waals surface area contributed by atoms with E-state index in [2.05, 4.69) is 21.8 Å². The van der Waals surface area contributed by atoms with E-state index in [-0.39, 0.29) is 5.82 Å². The van der Waals surface area contributed by atoms with Gasteiger partial charge in [0.15, 0.2) is 0 Å². The van der Waals surface area contributed by atoms with Crippen LogP contribution in [0.3, 0.4) is 0 Å². The zero-order valence-electron chi connectivity index (χ0n) is 9.56. The van der Waals surface area contributed by atoms with Crippen molar-refractivity contribution < 1.29 is 0 Å². The van der Waals surface area contributed by atoms with Crippen molar-refractivity contribution in [2.24, 2.45) is 0 Å². The summed E-state index contributed by atoms with van der Waals surface area (Å²) in [5.41, 5.74) is 0. The molecule has 0 N–H and O–H groups in total. The highest BCUT2D eigenvalue weighted by Crippen LogP contribution is 2.24. The molecule has 1 aromatic rings. The minimum atomic E-state index is 0.262. The van der Waals surface area contributed by atoms with E-state index in [1.165, 1.54) is 19.3 Å². The second-order valence-electron chi connectivity index (χ2n) is 4.10. The van der Waals surface area contributed by atoms with Crippen LogP contribution in [0.4, 0.5) is 5.82 Å². The predicted molar refractivity (Wildman–Crippen MR) is 62.0 cm³/mol. The van der Waals surface area contributed by atoms with Gasteiger partial charge in [0, 0.05) is 18.8 Å². The molecule has 0 spiro atoms. The Morgan fingerprint density at radius 2 is 2.44 bits per heavy atom. The molecule has 4 nitrogen and oxygen atoms in total. The molecule has 1 aliphatic heterocycles. The van der Waals surface area contributed by atoms with Crippen molar-refractivity contribution in [2.75, 3.05) is 11.4 Å². The van der Waals surface area contributed by atoms with Crippen LogP contribution in [-0.2, 0) is 0 Å². The van der Waals surface area contributed by atoms with Crippen molar-refractivity contribution in [1.29, 1.82) is 5.26 Å². The van der Waals surface area contributed by atoms with Gasteiger partial charge < -0.3 is 4.90 Å². The Bertz CT molecular complexity index is 396. The van der Waals surface area contributed by atoms with Gasteiger partial charge in [0.2, 0.25) is 5.82 Å². The van der Waals surface area contributed by atoms with E-state index in [4.69, 9.17) is 5.26 Å². The first kappa shape index (κ1) is 10.9. The zero-order chi connectivity index (χ0) is 11.4. The van der Waals surface area contributed by atoms with Gasteiger partial charge in [-0.2, -0.15) is 5.26 Å². The fourth-order valence-electron chi connectivity index (χ4n) is 2.29. The number of hydrogen-bond donors (Lipinski definition) is 0. The summed E-state index contributed by atoms with van der Waals surface area (Å²) in [4.78, 5) is 10.5. The van der Waals surface area contributed by atoms with Gasteiger partial charge in [-0.1, -0.05) is 6.92 Å². The molecule has 84 valence electrons. The summed E-state index contributed by atoms with van der Waals surface area (Å²) in [6.45, 7) is 3.25. The average Bonchev–Trinajstić information content (AvgIpc) is 2.38. The number of nitrogens with zero attached hydrogens (tertiary/aromatic N) is 4. The summed E-state index contributed by atoms with van der Waals surface area (Å²) in [6.07, 6.45) is 6.53. The molecular formula is C12H16N4. The fraction of sp³-hybridized carbons (Fsp3) is 0.583. The SMILES string of the molecule is CCC1CCCCN1c1ccnc(C#N)n1. The number of hydrogen-bond acceptors (Lipinski definition) is 4. The maximum atomic E-state index is 8.79. The average molecular weight is 216 g/mol. The molecule has 0 radical (unpaired) electrons. The zero-order valence-corrected chi connectivity index (χ0v) is 9.56. The molecule has 0 bridgehead atoms. The molecule has 1 aliphatic rings. The van der Waals surface area contributed by atoms with Crippen LogP contribution >= 0.6 is 0 Å². The minimum absolute atomic E-state index is 0.262. The summed E-state index contributed by atoms with van der Waals surface area (Å²) in [7, 11) is 0. The van der Waals surface area contributed by atoms with Crippen LogP contribution < -0.4 is 4.90 Å². The van der Waals surface area contributed by atoms with Crippen molar-refractivity contribution >= 4 is 5.82 Å². The summed E-state index contributed by atoms with van der Waals surface area (Å²) in [5.74, 6) is 1.16. The van der Waals surface area contributed by atoms with E-state index in [0.29, 0.717) is 6.04 Å². The van der Waals surface area contributed by atoms with Crippen LogP contribution in [0.25, 0.3) is 0 Å². The number of rotatable bonds is 2. The van der Waals surface area contributed by atoms with Crippen molar-refractivity contribution in [1.82, 2.24) is 9.97 Å². The van der Waals surface area contributed by atoms with Gasteiger partial charge >= 0.3 is 0 Å². The molecule has 2 heterocycles. The summed E-state index contributed by atoms with van der Waals surface area (Å²) in [5, 5.41) is 8.79. The van der Waals surface area contributed by atoms with Gasteiger partial charge in [0.05, 0.1) is 0 Å². The molecule has 4 heteroatoms. The van der Waals surface area contributed by atoms with Gasteiger partial charge in [0.25, 0.3) is 0 Å². The van der Waals surface area contributed by atoms with E-state index in [9.17, 15) is 0 Å². The molecular weight excluding hydrogens is 200 g/mol. The predicted octanol–water partition coefficient (Wildman–Crippen LogP) is 2.12. The van der Waals surface area contributed by atoms with Crippen LogP contribution in [0.15, 0.2) is 12.3 Å². The third-order valence-electron chi connectivity index (χ3n) is 3.13. The van der Waals surface area contributed by atoms with E-state index < -0.39 is 0 Å². The van der Waals surface area contributed by atoms with Gasteiger partial charge in [0.1, 0.15) is 11.9 Å². The van der Waals surface area contributed by atoms with Crippen LogP contribution in [-0.4, -0.2) is 22.6 Å². The summed E-state index contributed by atoms with van der Waals surface area (Å²) in [6, 6.07) is 4.45. The number of nitriles is 1. The van der Waals surface area contributed by atoms with Gasteiger partial charge in [-0.05, 0) is 31.7 Å². The van der Waals surface area contributed by atoms with E-state index in [1.54, 1.807) is 6.20 Å². The van der Waals surface area contributed by atoms with Gasteiger partial charge in [-0.3, -0.25) is 0 Å². The molecule has 0 saturated carbocycles. The third kappa shape index (κ3) is 2.13. The second kappa shape index (κ2) is 4.93. The summed E-state index contributed by atoms with van der Waals surface area (Å²) >= 11 is 0. The van der Waals surface area contributed by atoms with Crippen LogP contribution in [0.2, 0.25) is 0 Å². The Balaban J connectivity index is 2.24. The summed E-state index contributed by atoms with van der Waals surface area (Å²) < 4.78 is 0. The lowest BCUT2D eigenvalue weighted by Crippen LogP contribution is -2.39. The molecule has 1 saturated heterocycles. The number of aromatic nitrogens is 2. The largest absolute Gasteiger partial charge is 0.354 e. The smallest absolute Gasteiger partial charge is 0.234 e. The Kier molecular flexibility index (Phi) is 3.35. The molecule has 0 aliphatic carbocycles. The molecule has 0 aromatic carbocycles. The lowest BCUT2D eigenvalue weighted by molar-refractivity contribution is 0.446. The van der Waals surface area contributed by atoms with Crippen molar-refractivity contribution in [3.63, 3.8) is 0 Å². The van der Waals surface area contributed by atoms with Crippen LogP contribution in [0.5, 0.6) is 0 Å². The molecule has 0 amide bonds. The highest BCUT2D eigenvalue weighted by atomic mass is 15.2. The quantitative estimate of drug-likeness (QED) is 0.759. The maximum absolute atomic E-state index is 8.79. The minimum Gasteiger partial charge on any atom is -0.354 e. The van der Waals surface area contributed by atoms with Crippen LogP contribution in [0, 0.1) is 11.3 Å². The number of piperidine rings is 1. The van der Waals surface area contributed by atoms with E-state index in [0.717, 1.165) is 18.8 Å². The molecule has 1 atom stereocenters. The molecule has 2 rings (SSSR count). The lowest BCUT2D eigenvalue weighted by Gasteiger charge is -2.36. The second-order valence-corrected chi connectivity index (χ2v) is 4.10. The highest BCUT2D eigenvalue weighted by Gasteiger charge is 2.22. The highest BCUT2D eigenvalue weighted by molar-refractivity contribution is 5.40. The molecule has 1 unspecified atom stereocenters. The maximum Gasteiger partial charge on any atom is 0.234 e. The Morgan fingerprint density at radius 1 is 1.56 bits per heavy atom. The first-order valence-corrected chi connectivity index (χ1v) is 5.85. The van der Waals surface area contributed by atoms with E-state index >= 15 is 0 Å². The first-order valence-electron chi connectivity index (χ1n) is 5.85. The Labute approximate surface area is 95.9 Å². The van der Waals surface area contributed by atoms with Gasteiger partial charge in [-0.15, -0.1) is 0 Å².